The Balaban J connectivity index is 1.08. The number of aromatic nitrogens is 4. The van der Waals surface area contributed by atoms with Gasteiger partial charge in [0, 0.05) is 77.4 Å². The van der Waals surface area contributed by atoms with Gasteiger partial charge >= 0.3 is 0 Å². The average molecular weight is 721 g/mol. The first kappa shape index (κ1) is 30.7. The van der Waals surface area contributed by atoms with Crippen molar-refractivity contribution in [2.45, 2.75) is 22.6 Å². The van der Waals surface area contributed by atoms with Crippen molar-refractivity contribution in [1.29, 1.82) is 0 Å². The molecule has 0 N–H and O–H groups in total. The van der Waals surface area contributed by atoms with Gasteiger partial charge in [-0.25, -0.2) is 9.97 Å². The number of hydrogen-bond donors (Lipinski definition) is 0. The van der Waals surface area contributed by atoms with Crippen molar-refractivity contribution < 1.29 is 0 Å². The zero-order valence-corrected chi connectivity index (χ0v) is 30.6. The highest BCUT2D eigenvalue weighted by atomic mass is 32.2. The van der Waals surface area contributed by atoms with Crippen molar-refractivity contribution >= 4 is 55.6 Å². The van der Waals surface area contributed by atoms with E-state index in [4.69, 9.17) is 9.97 Å². The summed E-state index contributed by atoms with van der Waals surface area (Å²) in [5.41, 5.74) is 16.7. The predicted octanol–water partition coefficient (Wildman–Crippen LogP) is 12.6. The molecule has 12 rings (SSSR count). The van der Waals surface area contributed by atoms with Crippen LogP contribution in [0.1, 0.15) is 28.9 Å². The molecule has 0 unspecified atom stereocenters. The highest BCUT2D eigenvalue weighted by Gasteiger charge is 2.31. The molecule has 2 aliphatic carbocycles. The standard InChI is InChI=1S/C50H32N4S/c1-3-14-32(15-4-1)53-40-22-10-7-18-36(40)46-34-16-5-2-6-17-35(34)47-37-19-8-11-23-41(37)54(43(47)30-42(46)53)33-28-26-31(27-29-33)50-51-39-21-13-25-45-48(39)49(52-50)38-20-9-12-24-44(38)55-45/h1,3-29H,2,30H2. The maximum atomic E-state index is 5.25. The van der Waals surface area contributed by atoms with Gasteiger partial charge in [0.2, 0.25) is 0 Å². The molecule has 0 fully saturated rings. The molecule has 1 aliphatic heterocycles. The zero-order chi connectivity index (χ0) is 36.0. The van der Waals surface area contributed by atoms with E-state index >= 15 is 0 Å². The molecule has 9 aromatic rings. The Morgan fingerprint density at radius 2 is 1.11 bits per heavy atom. The molecule has 0 amide bonds. The molecular weight excluding hydrogens is 689 g/mol. The van der Waals surface area contributed by atoms with Crippen molar-refractivity contribution in [1.82, 2.24) is 19.1 Å². The van der Waals surface area contributed by atoms with Gasteiger partial charge in [-0.2, -0.15) is 0 Å². The van der Waals surface area contributed by atoms with E-state index in [0.29, 0.717) is 0 Å². The number of rotatable bonds is 3. The normalized spacial score (nSPS) is 14.1. The lowest BCUT2D eigenvalue weighted by atomic mass is 9.94. The summed E-state index contributed by atoms with van der Waals surface area (Å²) in [7, 11) is 0. The number of fused-ring (bicyclic) bond motifs is 10. The van der Waals surface area contributed by atoms with Gasteiger partial charge in [-0.3, -0.25) is 0 Å². The molecule has 0 radical (unpaired) electrons. The minimum absolute atomic E-state index is 0.742. The van der Waals surface area contributed by atoms with Gasteiger partial charge in [0.15, 0.2) is 5.82 Å². The Bertz CT molecular complexity index is 3160. The van der Waals surface area contributed by atoms with Gasteiger partial charge in [0.05, 0.1) is 22.2 Å². The van der Waals surface area contributed by atoms with Crippen LogP contribution in [0.25, 0.3) is 77.9 Å². The number of nitrogens with zero attached hydrogens (tertiary/aromatic N) is 4. The van der Waals surface area contributed by atoms with Crippen LogP contribution in [0.4, 0.5) is 0 Å². The fraction of sp³-hybridized carbons (Fsp3) is 0.0400. The molecule has 5 heteroatoms. The minimum Gasteiger partial charge on any atom is -0.313 e. The molecular formula is C50H32N4S. The van der Waals surface area contributed by atoms with Gasteiger partial charge in [0.1, 0.15) is 0 Å². The highest BCUT2D eigenvalue weighted by Crippen LogP contribution is 2.49. The summed E-state index contributed by atoms with van der Waals surface area (Å²) in [6.07, 6.45) is 11.0. The van der Waals surface area contributed by atoms with Crippen LogP contribution in [0.15, 0.2) is 180 Å². The van der Waals surface area contributed by atoms with E-state index in [-0.39, 0.29) is 0 Å². The first-order chi connectivity index (χ1) is 27.3. The second-order valence-corrected chi connectivity index (χ2v) is 15.5. The quantitative estimate of drug-likeness (QED) is 0.182. The van der Waals surface area contributed by atoms with Crippen LogP contribution in [0.5, 0.6) is 0 Å². The largest absolute Gasteiger partial charge is 0.313 e. The Morgan fingerprint density at radius 3 is 1.82 bits per heavy atom. The van der Waals surface area contributed by atoms with Crippen LogP contribution in [0.2, 0.25) is 0 Å². The topological polar surface area (TPSA) is 35.6 Å². The Hall–Kier alpha value is -6.69. The first-order valence-electron chi connectivity index (χ1n) is 18.9. The summed E-state index contributed by atoms with van der Waals surface area (Å²) in [5.74, 6) is 0.742. The molecule has 258 valence electrons. The van der Waals surface area contributed by atoms with Gasteiger partial charge < -0.3 is 9.13 Å². The van der Waals surface area contributed by atoms with Crippen LogP contribution in [-0.4, -0.2) is 19.1 Å². The van der Waals surface area contributed by atoms with Crippen LogP contribution in [0, 0.1) is 0 Å². The van der Waals surface area contributed by atoms with Gasteiger partial charge in [-0.1, -0.05) is 115 Å². The molecule has 4 heterocycles. The molecule has 3 aliphatic rings. The van der Waals surface area contributed by atoms with E-state index in [0.717, 1.165) is 46.5 Å². The molecule has 4 nitrogen and oxygen atoms in total. The Kier molecular flexibility index (Phi) is 6.65. The molecule has 6 aromatic carbocycles. The SMILES string of the molecule is C1=CC2=C(C=CC1)c1c(n(-c3ccc(-c4nc5c6c(cccc6n4)Sc4ccccc4-5)cc3)c3ccccc13)Cc1c2c2ccccc2n1-c1ccccc1. The number of allylic oxidation sites excluding steroid dienone is 6. The predicted molar refractivity (Wildman–Crippen MR) is 227 cm³/mol. The second kappa shape index (κ2) is 11.9. The monoisotopic (exact) mass is 720 g/mol. The summed E-state index contributed by atoms with van der Waals surface area (Å²) in [6, 6.07) is 52.5. The fourth-order valence-electron chi connectivity index (χ4n) is 9.10. The van der Waals surface area contributed by atoms with Gasteiger partial charge in [0.25, 0.3) is 0 Å². The molecule has 0 atom stereocenters. The van der Waals surface area contributed by atoms with Gasteiger partial charge in [-0.05, 0) is 84.3 Å². The van der Waals surface area contributed by atoms with Crippen LogP contribution in [-0.2, 0) is 6.42 Å². The third-order valence-electron chi connectivity index (χ3n) is 11.4. The van der Waals surface area contributed by atoms with E-state index in [1.807, 2.05) is 0 Å². The average Bonchev–Trinajstić information content (AvgIpc) is 3.55. The zero-order valence-electron chi connectivity index (χ0n) is 29.8. The maximum Gasteiger partial charge on any atom is 0.160 e. The number of para-hydroxylation sites is 3. The lowest BCUT2D eigenvalue weighted by Crippen LogP contribution is -2.07. The summed E-state index contributed by atoms with van der Waals surface area (Å²) < 4.78 is 4.98. The smallest absolute Gasteiger partial charge is 0.160 e. The van der Waals surface area contributed by atoms with E-state index in [9.17, 15) is 0 Å². The van der Waals surface area contributed by atoms with E-state index < -0.39 is 0 Å². The van der Waals surface area contributed by atoms with Crippen molar-refractivity contribution in [2.75, 3.05) is 0 Å². The second-order valence-electron chi connectivity index (χ2n) is 14.4. The third-order valence-corrected chi connectivity index (χ3v) is 12.5. The summed E-state index contributed by atoms with van der Waals surface area (Å²) in [6.45, 7) is 0. The summed E-state index contributed by atoms with van der Waals surface area (Å²) in [4.78, 5) is 12.8. The molecule has 55 heavy (non-hydrogen) atoms. The van der Waals surface area contributed by atoms with E-state index in [1.165, 1.54) is 76.5 Å². The van der Waals surface area contributed by atoms with Crippen LogP contribution < -0.4 is 0 Å². The van der Waals surface area contributed by atoms with Crippen molar-refractivity contribution in [3.05, 3.63) is 192 Å². The van der Waals surface area contributed by atoms with Gasteiger partial charge in [-0.15, -0.1) is 0 Å². The van der Waals surface area contributed by atoms with E-state index in [1.54, 1.807) is 11.8 Å². The molecule has 0 saturated carbocycles. The third kappa shape index (κ3) is 4.54. The van der Waals surface area contributed by atoms with Crippen molar-refractivity contribution in [3.63, 3.8) is 0 Å². The molecule has 0 saturated heterocycles. The summed E-state index contributed by atoms with van der Waals surface area (Å²) in [5, 5.41) is 3.68. The minimum atomic E-state index is 0.742. The Labute approximate surface area is 322 Å². The maximum absolute atomic E-state index is 5.25. The molecule has 3 aromatic heterocycles. The number of benzene rings is 6. The van der Waals surface area contributed by atoms with Crippen molar-refractivity contribution in [3.8, 4) is 34.0 Å². The molecule has 0 spiro atoms. The lowest BCUT2D eigenvalue weighted by molar-refractivity contribution is 0.918. The lowest BCUT2D eigenvalue weighted by Gasteiger charge is -2.19. The first-order valence-corrected chi connectivity index (χ1v) is 19.7. The number of hydrogen-bond acceptors (Lipinski definition) is 3. The van der Waals surface area contributed by atoms with Crippen LogP contribution >= 0.6 is 11.8 Å². The van der Waals surface area contributed by atoms with Crippen molar-refractivity contribution in [2.24, 2.45) is 0 Å². The van der Waals surface area contributed by atoms with E-state index in [2.05, 4.69) is 179 Å². The van der Waals surface area contributed by atoms with Crippen LogP contribution in [0.3, 0.4) is 0 Å². The Morgan fingerprint density at radius 1 is 0.509 bits per heavy atom. The fourth-order valence-corrected chi connectivity index (χ4v) is 10.2. The molecule has 0 bridgehead atoms. The highest BCUT2D eigenvalue weighted by molar-refractivity contribution is 7.99. The summed E-state index contributed by atoms with van der Waals surface area (Å²) >= 11 is 1.80.